The standard InChI is InChI=1S/C46H36O8/c1-45(2)29-13-21-33(22-14-29)51-41(47)37-9-5-7-11-39(37)43(49)53-35-25-17-31(18-26-35)46(3,4)32-19-27-36(28-20-32)54-44(50)40-12-8-6-10-38(40)42(48)52-34-23-15-30(45)16-24-34/h5-28H,1-4H3. The lowest BCUT2D eigenvalue weighted by molar-refractivity contribution is 0.0692. The molecule has 0 aromatic heterocycles. The third-order valence-electron chi connectivity index (χ3n) is 9.88. The van der Waals surface area contributed by atoms with Gasteiger partial charge in [0.15, 0.2) is 0 Å². The summed E-state index contributed by atoms with van der Waals surface area (Å²) in [6, 6.07) is 41.2. The molecule has 0 N–H and O–H groups in total. The van der Waals surface area contributed by atoms with Gasteiger partial charge in [-0.2, -0.15) is 0 Å². The molecular weight excluding hydrogens is 680 g/mol. The van der Waals surface area contributed by atoms with E-state index >= 15 is 0 Å². The molecule has 0 fully saturated rings. The molecule has 7 aliphatic heterocycles. The average molecular weight is 717 g/mol. The van der Waals surface area contributed by atoms with Crippen LogP contribution in [0.4, 0.5) is 0 Å². The Bertz CT molecular complexity index is 2040. The summed E-state index contributed by atoms with van der Waals surface area (Å²) in [5, 5.41) is 0. The van der Waals surface area contributed by atoms with Gasteiger partial charge >= 0.3 is 23.9 Å². The van der Waals surface area contributed by atoms with Gasteiger partial charge in [0.25, 0.3) is 0 Å². The van der Waals surface area contributed by atoms with Crippen molar-refractivity contribution in [3.63, 3.8) is 0 Å². The molecule has 0 atom stereocenters. The minimum absolute atomic E-state index is 0.0720. The van der Waals surface area contributed by atoms with Gasteiger partial charge in [-0.3, -0.25) is 0 Å². The second-order valence-electron chi connectivity index (χ2n) is 14.0. The number of carbonyl (C=O) groups is 4. The summed E-state index contributed by atoms with van der Waals surface area (Å²) < 4.78 is 22.8. The fraction of sp³-hybridized carbons (Fsp3) is 0.130. The van der Waals surface area contributed by atoms with E-state index in [1.807, 2.05) is 76.2 Å². The highest BCUT2D eigenvalue weighted by Crippen LogP contribution is 2.35. The van der Waals surface area contributed by atoms with Crippen molar-refractivity contribution in [3.8, 4) is 23.0 Å². The van der Waals surface area contributed by atoms with Crippen LogP contribution in [0, 0.1) is 0 Å². The first-order valence-corrected chi connectivity index (χ1v) is 17.4. The normalized spacial score (nSPS) is 15.3. The maximum absolute atomic E-state index is 13.4. The Labute approximate surface area is 312 Å². The third kappa shape index (κ3) is 7.14. The Morgan fingerprint density at radius 3 is 0.667 bits per heavy atom. The second kappa shape index (κ2) is 14.3. The summed E-state index contributed by atoms with van der Waals surface area (Å²) in [4.78, 5) is 53.4. The minimum atomic E-state index is -0.695. The Morgan fingerprint density at radius 1 is 0.296 bits per heavy atom. The van der Waals surface area contributed by atoms with Gasteiger partial charge in [-0.05, 0) is 95.1 Å². The van der Waals surface area contributed by atoms with Crippen molar-refractivity contribution in [3.05, 3.63) is 190 Å². The predicted octanol–water partition coefficient (Wildman–Crippen LogP) is 9.53. The molecule has 7 aliphatic rings. The molecule has 8 nitrogen and oxygen atoms in total. The van der Waals surface area contributed by atoms with Gasteiger partial charge in [0.1, 0.15) is 23.0 Å². The van der Waals surface area contributed by atoms with Crippen LogP contribution < -0.4 is 18.9 Å². The van der Waals surface area contributed by atoms with Crippen LogP contribution in [-0.4, -0.2) is 23.9 Å². The summed E-state index contributed by atoms with van der Waals surface area (Å²) in [5.74, 6) is -1.55. The van der Waals surface area contributed by atoms with E-state index in [1.165, 1.54) is 24.3 Å². The zero-order chi connectivity index (χ0) is 38.0. The van der Waals surface area contributed by atoms with Crippen LogP contribution in [0.15, 0.2) is 146 Å². The summed E-state index contributed by atoms with van der Waals surface area (Å²) in [6.45, 7) is 8.18. The Balaban J connectivity index is 1.23. The zero-order valence-electron chi connectivity index (χ0n) is 30.1. The number of esters is 4. The lowest BCUT2D eigenvalue weighted by Crippen LogP contribution is -2.20. The van der Waals surface area contributed by atoms with Gasteiger partial charge in [-0.25, -0.2) is 19.2 Å². The minimum Gasteiger partial charge on any atom is -0.423 e. The fourth-order valence-electron chi connectivity index (χ4n) is 6.42. The number of benzene rings is 6. The van der Waals surface area contributed by atoms with E-state index in [0.717, 1.165) is 22.3 Å². The number of carbonyl (C=O) groups excluding carboxylic acids is 4. The first-order valence-electron chi connectivity index (χ1n) is 17.4. The van der Waals surface area contributed by atoms with E-state index in [2.05, 4.69) is 0 Å². The Kier molecular flexibility index (Phi) is 9.44. The molecule has 0 unspecified atom stereocenters. The van der Waals surface area contributed by atoms with Crippen molar-refractivity contribution in [1.29, 1.82) is 0 Å². The second-order valence-corrected chi connectivity index (χ2v) is 14.0. The monoisotopic (exact) mass is 716 g/mol. The average Bonchev–Trinajstić information content (AvgIpc) is 3.18. The van der Waals surface area contributed by atoms with Crippen molar-refractivity contribution in [1.82, 2.24) is 0 Å². The molecule has 6 aromatic carbocycles. The number of ether oxygens (including phenoxy) is 4. The number of hydrogen-bond donors (Lipinski definition) is 0. The quantitative estimate of drug-likeness (QED) is 0.113. The number of hydrogen-bond acceptors (Lipinski definition) is 8. The molecule has 0 saturated heterocycles. The first kappa shape index (κ1) is 35.6. The third-order valence-corrected chi connectivity index (χ3v) is 9.88. The van der Waals surface area contributed by atoms with E-state index in [-0.39, 0.29) is 22.3 Å². The maximum Gasteiger partial charge on any atom is 0.344 e. The molecule has 8 bridgehead atoms. The van der Waals surface area contributed by atoms with Crippen molar-refractivity contribution < 1.29 is 38.1 Å². The highest BCUT2D eigenvalue weighted by Gasteiger charge is 2.27. The van der Waals surface area contributed by atoms with E-state index in [9.17, 15) is 19.2 Å². The van der Waals surface area contributed by atoms with Crippen LogP contribution in [0.25, 0.3) is 0 Å². The van der Waals surface area contributed by atoms with Crippen molar-refractivity contribution in [2.24, 2.45) is 0 Å². The molecule has 6 aromatic rings. The van der Waals surface area contributed by atoms with Crippen molar-refractivity contribution in [2.75, 3.05) is 0 Å². The molecule has 13 rings (SSSR count). The van der Waals surface area contributed by atoms with E-state index in [4.69, 9.17) is 18.9 Å². The van der Waals surface area contributed by atoms with Crippen LogP contribution in [-0.2, 0) is 10.8 Å². The van der Waals surface area contributed by atoms with Crippen LogP contribution >= 0.6 is 0 Å². The highest BCUT2D eigenvalue weighted by molar-refractivity contribution is 6.05. The maximum atomic E-state index is 13.4. The molecular formula is C46H36O8. The Hall–Kier alpha value is -6.80. The number of rotatable bonds is 0. The first-order chi connectivity index (χ1) is 25.9. The summed E-state index contributed by atoms with van der Waals surface area (Å²) >= 11 is 0. The van der Waals surface area contributed by atoms with E-state index in [1.54, 1.807) is 72.8 Å². The van der Waals surface area contributed by atoms with Crippen LogP contribution in [0.3, 0.4) is 0 Å². The van der Waals surface area contributed by atoms with Gasteiger partial charge in [-0.1, -0.05) is 100 Å². The molecule has 7 heterocycles. The van der Waals surface area contributed by atoms with Crippen molar-refractivity contribution >= 4 is 23.9 Å². The van der Waals surface area contributed by atoms with Gasteiger partial charge in [-0.15, -0.1) is 0 Å². The molecule has 54 heavy (non-hydrogen) atoms. The molecule has 0 spiro atoms. The lowest BCUT2D eigenvalue weighted by atomic mass is 9.78. The molecule has 268 valence electrons. The van der Waals surface area contributed by atoms with Crippen molar-refractivity contribution in [2.45, 2.75) is 38.5 Å². The fourth-order valence-corrected chi connectivity index (χ4v) is 6.42. The lowest BCUT2D eigenvalue weighted by Gasteiger charge is -2.26. The summed E-state index contributed by atoms with van der Waals surface area (Å²) in [5.41, 5.74) is 3.07. The Morgan fingerprint density at radius 2 is 0.481 bits per heavy atom. The smallest absolute Gasteiger partial charge is 0.344 e. The van der Waals surface area contributed by atoms with Crippen LogP contribution in [0.1, 0.15) is 91.4 Å². The zero-order valence-corrected chi connectivity index (χ0v) is 30.1. The van der Waals surface area contributed by atoms with Crippen LogP contribution in [0.5, 0.6) is 23.0 Å². The highest BCUT2D eigenvalue weighted by atomic mass is 16.5. The molecule has 8 heteroatoms. The van der Waals surface area contributed by atoms with Gasteiger partial charge in [0, 0.05) is 10.8 Å². The summed E-state index contributed by atoms with van der Waals surface area (Å²) in [6.07, 6.45) is 0. The summed E-state index contributed by atoms with van der Waals surface area (Å²) in [7, 11) is 0. The molecule has 0 saturated carbocycles. The largest absolute Gasteiger partial charge is 0.423 e. The van der Waals surface area contributed by atoms with Gasteiger partial charge in [0.05, 0.1) is 22.3 Å². The van der Waals surface area contributed by atoms with Gasteiger partial charge in [0.2, 0.25) is 0 Å². The molecule has 0 radical (unpaired) electrons. The topological polar surface area (TPSA) is 105 Å². The predicted molar refractivity (Wildman–Crippen MR) is 203 cm³/mol. The molecule has 0 aliphatic carbocycles. The van der Waals surface area contributed by atoms with Crippen LogP contribution in [0.2, 0.25) is 0 Å². The van der Waals surface area contributed by atoms with Gasteiger partial charge < -0.3 is 18.9 Å². The molecule has 0 amide bonds. The van der Waals surface area contributed by atoms with E-state index in [0.29, 0.717) is 23.0 Å². The SMILES string of the molecule is CC1(C)c2ccc(cc2)OC(=O)c2ccccc2C(=O)Oc2ccc(cc2)C(C)(C)c2ccc(cc2)OC(=O)c2ccccc2C(=O)Oc2ccc1cc2. The van der Waals surface area contributed by atoms with E-state index < -0.39 is 34.7 Å².